The molecule has 1 heterocycles. The number of carbonyl (C=O) groups is 1. The molecule has 1 aromatic heterocycles. The molecule has 3 rings (SSSR count). The summed E-state index contributed by atoms with van der Waals surface area (Å²) < 4.78 is 40.7. The Hall–Kier alpha value is -2.64. The van der Waals surface area contributed by atoms with E-state index in [-0.39, 0.29) is 18.2 Å². The summed E-state index contributed by atoms with van der Waals surface area (Å²) in [5.74, 6) is -0.543. The molecule has 1 saturated carbocycles. The number of carbonyl (C=O) groups excluding carboxylic acids is 1. The van der Waals surface area contributed by atoms with Crippen molar-refractivity contribution in [2.75, 3.05) is 0 Å². The van der Waals surface area contributed by atoms with E-state index in [1.54, 1.807) is 4.90 Å². The molecule has 1 aromatic carbocycles. The van der Waals surface area contributed by atoms with Gasteiger partial charge in [-0.1, -0.05) is 30.3 Å². The third kappa shape index (κ3) is 5.05. The Morgan fingerprint density at radius 1 is 1.17 bits per heavy atom. The van der Waals surface area contributed by atoms with Crippen molar-refractivity contribution < 1.29 is 18.0 Å². The number of hydrogen-bond acceptors (Lipinski definition) is 3. The van der Waals surface area contributed by atoms with Crippen molar-refractivity contribution >= 4 is 5.91 Å². The topological polar surface area (TPSA) is 55.2 Å². The summed E-state index contributed by atoms with van der Waals surface area (Å²) >= 11 is 0. The third-order valence-electron chi connectivity index (χ3n) is 4.87. The van der Waals surface area contributed by atoms with Crippen LogP contribution in [-0.2, 0) is 24.1 Å². The predicted molar refractivity (Wildman–Crippen MR) is 102 cm³/mol. The highest BCUT2D eigenvalue weighted by atomic mass is 19.4. The zero-order valence-electron chi connectivity index (χ0n) is 16.7. The molecule has 8 heteroatoms. The molecule has 0 atom stereocenters. The number of benzene rings is 1. The number of alkyl halides is 3. The van der Waals surface area contributed by atoms with E-state index >= 15 is 0 Å². The molecule has 1 amide bonds. The van der Waals surface area contributed by atoms with Crippen LogP contribution in [0.1, 0.15) is 56.4 Å². The van der Waals surface area contributed by atoms with Crippen LogP contribution < -0.4 is 5.56 Å². The Morgan fingerprint density at radius 2 is 1.79 bits per heavy atom. The van der Waals surface area contributed by atoms with E-state index in [9.17, 15) is 22.8 Å². The van der Waals surface area contributed by atoms with Gasteiger partial charge in [-0.2, -0.15) is 18.3 Å². The quantitative estimate of drug-likeness (QED) is 0.754. The molecule has 29 heavy (non-hydrogen) atoms. The minimum atomic E-state index is -4.79. The van der Waals surface area contributed by atoms with Crippen LogP contribution in [-0.4, -0.2) is 26.1 Å². The lowest BCUT2D eigenvalue weighted by molar-refractivity contribution is -0.141. The Labute approximate surface area is 167 Å². The molecular formula is C21H24F3N3O2. The fourth-order valence-electron chi connectivity index (χ4n) is 3.13. The number of hydrogen-bond donors (Lipinski definition) is 0. The monoisotopic (exact) mass is 407 g/mol. The maximum atomic E-state index is 13.3. The van der Waals surface area contributed by atoms with E-state index in [2.05, 4.69) is 5.10 Å². The first kappa shape index (κ1) is 21.1. The molecule has 156 valence electrons. The van der Waals surface area contributed by atoms with Gasteiger partial charge < -0.3 is 4.90 Å². The van der Waals surface area contributed by atoms with Crippen molar-refractivity contribution in [1.29, 1.82) is 0 Å². The summed E-state index contributed by atoms with van der Waals surface area (Å²) in [5.41, 5.74) is -2.04. The summed E-state index contributed by atoms with van der Waals surface area (Å²) in [5, 5.41) is 4.08. The van der Waals surface area contributed by atoms with Gasteiger partial charge in [-0.3, -0.25) is 9.59 Å². The van der Waals surface area contributed by atoms with Crippen molar-refractivity contribution in [2.24, 2.45) is 0 Å². The van der Waals surface area contributed by atoms with Crippen molar-refractivity contribution in [1.82, 2.24) is 14.7 Å². The van der Waals surface area contributed by atoms with Crippen LogP contribution in [0.15, 0.2) is 41.2 Å². The molecule has 1 fully saturated rings. The highest BCUT2D eigenvalue weighted by molar-refractivity contribution is 5.76. The molecule has 1 aliphatic rings. The molecule has 1 aliphatic carbocycles. The van der Waals surface area contributed by atoms with E-state index in [4.69, 9.17) is 0 Å². The van der Waals surface area contributed by atoms with Crippen LogP contribution in [0.3, 0.4) is 0 Å². The SMILES string of the molecule is CC(C)(C)N(Cc1ccccc1)C(=O)Cn1nc(C2CC2)cc(C(F)(F)F)c1=O. The molecule has 0 unspecified atom stereocenters. The van der Waals surface area contributed by atoms with Crippen molar-refractivity contribution in [3.8, 4) is 0 Å². The number of amides is 1. The number of aromatic nitrogens is 2. The Balaban J connectivity index is 1.93. The second-order valence-electron chi connectivity index (χ2n) is 8.35. The van der Waals surface area contributed by atoms with Gasteiger partial charge in [-0.15, -0.1) is 0 Å². The van der Waals surface area contributed by atoms with Gasteiger partial charge in [0.25, 0.3) is 5.56 Å². The Bertz CT molecular complexity index is 942. The maximum Gasteiger partial charge on any atom is 0.421 e. The lowest BCUT2D eigenvalue weighted by Gasteiger charge is -2.36. The Morgan fingerprint density at radius 3 is 2.31 bits per heavy atom. The van der Waals surface area contributed by atoms with E-state index in [0.29, 0.717) is 4.68 Å². The third-order valence-corrected chi connectivity index (χ3v) is 4.87. The largest absolute Gasteiger partial charge is 0.421 e. The minimum absolute atomic E-state index is 0.0823. The summed E-state index contributed by atoms with van der Waals surface area (Å²) in [6, 6.07) is 10.1. The van der Waals surface area contributed by atoms with E-state index in [0.717, 1.165) is 24.5 Å². The molecule has 2 aromatic rings. The average Bonchev–Trinajstić information content (AvgIpc) is 3.45. The second-order valence-corrected chi connectivity index (χ2v) is 8.35. The van der Waals surface area contributed by atoms with Gasteiger partial charge >= 0.3 is 6.18 Å². The van der Waals surface area contributed by atoms with Gasteiger partial charge in [-0.25, -0.2) is 4.68 Å². The first-order valence-corrected chi connectivity index (χ1v) is 9.50. The lowest BCUT2D eigenvalue weighted by atomic mass is 10.0. The average molecular weight is 407 g/mol. The zero-order valence-corrected chi connectivity index (χ0v) is 16.7. The summed E-state index contributed by atoms with van der Waals surface area (Å²) in [7, 11) is 0. The number of rotatable bonds is 5. The molecule has 0 bridgehead atoms. The van der Waals surface area contributed by atoms with Gasteiger partial charge in [0.2, 0.25) is 5.91 Å². The zero-order chi connectivity index (χ0) is 21.4. The van der Waals surface area contributed by atoms with Crippen LogP contribution in [0.5, 0.6) is 0 Å². The lowest BCUT2D eigenvalue weighted by Crippen LogP contribution is -2.48. The highest BCUT2D eigenvalue weighted by Gasteiger charge is 2.38. The van der Waals surface area contributed by atoms with Crippen molar-refractivity contribution in [3.63, 3.8) is 0 Å². The molecule has 0 radical (unpaired) electrons. The van der Waals surface area contributed by atoms with Crippen molar-refractivity contribution in [2.45, 2.75) is 64.3 Å². The van der Waals surface area contributed by atoms with Crippen LogP contribution in [0.25, 0.3) is 0 Å². The van der Waals surface area contributed by atoms with Gasteiger partial charge in [0, 0.05) is 18.0 Å². The van der Waals surface area contributed by atoms with Gasteiger partial charge in [0.05, 0.1) is 5.69 Å². The van der Waals surface area contributed by atoms with Crippen LogP contribution in [0.4, 0.5) is 13.2 Å². The maximum absolute atomic E-state index is 13.3. The van der Waals surface area contributed by atoms with E-state index in [1.807, 2.05) is 51.1 Å². The first-order chi connectivity index (χ1) is 13.5. The normalized spacial score (nSPS) is 14.7. The van der Waals surface area contributed by atoms with Gasteiger partial charge in [0.1, 0.15) is 12.1 Å². The molecule has 0 saturated heterocycles. The second kappa shape index (κ2) is 7.65. The summed E-state index contributed by atoms with van der Waals surface area (Å²) in [4.78, 5) is 27.0. The molecule has 0 spiro atoms. The molecular weight excluding hydrogens is 383 g/mol. The molecule has 0 N–H and O–H groups in total. The highest BCUT2D eigenvalue weighted by Crippen LogP contribution is 2.40. The smallest absolute Gasteiger partial charge is 0.332 e. The fraction of sp³-hybridized carbons (Fsp3) is 0.476. The number of halogens is 3. The van der Waals surface area contributed by atoms with Crippen LogP contribution in [0, 0.1) is 0 Å². The molecule has 5 nitrogen and oxygen atoms in total. The number of nitrogens with zero attached hydrogens (tertiary/aromatic N) is 3. The standard InChI is InChI=1S/C21H24F3N3O2/c1-20(2,3)26(12-14-7-5-4-6-8-14)18(28)13-27-19(29)16(21(22,23)24)11-17(25-27)15-9-10-15/h4-8,11,15H,9-10,12-13H2,1-3H3. The van der Waals surface area contributed by atoms with Gasteiger partial charge in [-0.05, 0) is 45.2 Å². The van der Waals surface area contributed by atoms with E-state index in [1.165, 1.54) is 0 Å². The van der Waals surface area contributed by atoms with Crippen LogP contribution in [0.2, 0.25) is 0 Å². The molecule has 0 aliphatic heterocycles. The van der Waals surface area contributed by atoms with Crippen LogP contribution >= 0.6 is 0 Å². The fourth-order valence-corrected chi connectivity index (χ4v) is 3.13. The Kier molecular flexibility index (Phi) is 5.56. The van der Waals surface area contributed by atoms with Crippen molar-refractivity contribution in [3.05, 3.63) is 63.6 Å². The predicted octanol–water partition coefficient (Wildman–Crippen LogP) is 3.97. The van der Waals surface area contributed by atoms with Gasteiger partial charge in [0.15, 0.2) is 0 Å². The first-order valence-electron chi connectivity index (χ1n) is 9.50. The minimum Gasteiger partial charge on any atom is -0.332 e. The van der Waals surface area contributed by atoms with E-state index < -0.39 is 35.3 Å². The summed E-state index contributed by atoms with van der Waals surface area (Å²) in [6.07, 6.45) is -3.32. The summed E-state index contributed by atoms with van der Waals surface area (Å²) in [6.45, 7) is 5.27.